The van der Waals surface area contributed by atoms with E-state index in [1.54, 1.807) is 102 Å². The van der Waals surface area contributed by atoms with Gasteiger partial charge in [-0.1, -0.05) is 115 Å². The third-order valence-electron chi connectivity index (χ3n) is 7.01. The van der Waals surface area contributed by atoms with E-state index in [1.165, 1.54) is 0 Å². The van der Waals surface area contributed by atoms with Gasteiger partial charge in [0.15, 0.2) is 11.6 Å². The summed E-state index contributed by atoms with van der Waals surface area (Å²) >= 11 is 0. The Hall–Kier alpha value is -5.74. The van der Waals surface area contributed by atoms with Crippen LogP contribution in [0.2, 0.25) is 0 Å². The summed E-state index contributed by atoms with van der Waals surface area (Å²) in [5, 5.41) is 7.19. The SMILES string of the molecule is O=C(CNN(Cc1ccccc1)NCC(=O)Nc1ccccc1C(=O)c1ccccc1)Nc1ccccc1C(=O)c1ccccc1. The lowest BCUT2D eigenvalue weighted by molar-refractivity contribution is -0.117. The number of ketones is 2. The van der Waals surface area contributed by atoms with Crippen LogP contribution in [-0.2, 0) is 16.1 Å². The largest absolute Gasteiger partial charge is 0.324 e. The third kappa shape index (κ3) is 8.67. The van der Waals surface area contributed by atoms with Gasteiger partial charge in [0.1, 0.15) is 0 Å². The van der Waals surface area contributed by atoms with Crippen molar-refractivity contribution in [1.29, 1.82) is 0 Å². The Morgan fingerprint density at radius 1 is 0.457 bits per heavy atom. The van der Waals surface area contributed by atoms with Crippen molar-refractivity contribution in [2.75, 3.05) is 23.7 Å². The molecule has 0 unspecified atom stereocenters. The number of hydrazine groups is 2. The molecule has 0 atom stereocenters. The molecule has 0 heterocycles. The number of carbonyl (C=O) groups excluding carboxylic acids is 4. The fraction of sp³-hybridized carbons (Fsp3) is 0.0811. The lowest BCUT2D eigenvalue weighted by atomic mass is 10.0. The second-order valence-corrected chi connectivity index (χ2v) is 10.3. The van der Waals surface area contributed by atoms with Gasteiger partial charge in [0.2, 0.25) is 11.8 Å². The van der Waals surface area contributed by atoms with E-state index in [1.807, 2.05) is 42.5 Å². The zero-order chi connectivity index (χ0) is 32.1. The molecule has 230 valence electrons. The number of benzene rings is 5. The number of amides is 2. The van der Waals surface area contributed by atoms with Gasteiger partial charge >= 0.3 is 0 Å². The van der Waals surface area contributed by atoms with E-state index in [0.29, 0.717) is 40.2 Å². The highest BCUT2D eigenvalue weighted by Crippen LogP contribution is 2.20. The molecule has 0 saturated carbocycles. The van der Waals surface area contributed by atoms with Crippen molar-refractivity contribution in [2.45, 2.75) is 6.54 Å². The minimum atomic E-state index is -0.383. The van der Waals surface area contributed by atoms with Gasteiger partial charge < -0.3 is 10.6 Å². The van der Waals surface area contributed by atoms with Crippen molar-refractivity contribution in [3.8, 4) is 0 Å². The van der Waals surface area contributed by atoms with Crippen molar-refractivity contribution in [1.82, 2.24) is 16.0 Å². The Morgan fingerprint density at radius 3 is 1.26 bits per heavy atom. The van der Waals surface area contributed by atoms with Crippen LogP contribution < -0.4 is 21.5 Å². The molecule has 5 rings (SSSR count). The molecule has 0 aliphatic heterocycles. The molecular formula is C37H33N5O4. The van der Waals surface area contributed by atoms with E-state index in [0.717, 1.165) is 5.56 Å². The molecule has 0 aromatic heterocycles. The van der Waals surface area contributed by atoms with Crippen LogP contribution in [0.5, 0.6) is 0 Å². The second-order valence-electron chi connectivity index (χ2n) is 10.3. The summed E-state index contributed by atoms with van der Waals surface area (Å²) in [5.74, 6) is -1.17. The van der Waals surface area contributed by atoms with Crippen LogP contribution in [0, 0.1) is 0 Å². The molecule has 4 N–H and O–H groups in total. The van der Waals surface area contributed by atoms with Crippen LogP contribution in [0.15, 0.2) is 140 Å². The van der Waals surface area contributed by atoms with Crippen molar-refractivity contribution < 1.29 is 19.2 Å². The zero-order valence-corrected chi connectivity index (χ0v) is 25.0. The number of rotatable bonds is 14. The van der Waals surface area contributed by atoms with Crippen LogP contribution in [0.4, 0.5) is 11.4 Å². The summed E-state index contributed by atoms with van der Waals surface area (Å²) in [6.45, 7) is 0.0288. The van der Waals surface area contributed by atoms with Crippen molar-refractivity contribution in [2.24, 2.45) is 0 Å². The zero-order valence-electron chi connectivity index (χ0n) is 25.0. The van der Waals surface area contributed by atoms with E-state index in [2.05, 4.69) is 21.5 Å². The molecule has 0 saturated heterocycles. The summed E-state index contributed by atoms with van der Waals surface area (Å²) in [4.78, 5) is 52.2. The van der Waals surface area contributed by atoms with Crippen molar-refractivity contribution in [3.05, 3.63) is 167 Å². The lowest BCUT2D eigenvalue weighted by Gasteiger charge is -2.24. The van der Waals surface area contributed by atoms with Gasteiger partial charge in [-0.2, -0.15) is 5.12 Å². The highest BCUT2D eigenvalue weighted by atomic mass is 16.2. The van der Waals surface area contributed by atoms with Crippen LogP contribution in [-0.4, -0.2) is 41.6 Å². The van der Waals surface area contributed by atoms with Crippen LogP contribution in [0.25, 0.3) is 0 Å². The quantitative estimate of drug-likeness (QED) is 0.100. The second kappa shape index (κ2) is 15.8. The number of carbonyl (C=O) groups is 4. The van der Waals surface area contributed by atoms with Gasteiger partial charge in [-0.15, -0.1) is 0 Å². The van der Waals surface area contributed by atoms with Gasteiger partial charge in [-0.05, 0) is 29.8 Å². The first-order chi connectivity index (χ1) is 22.5. The topological polar surface area (TPSA) is 120 Å². The monoisotopic (exact) mass is 611 g/mol. The van der Waals surface area contributed by atoms with E-state index in [-0.39, 0.29) is 36.5 Å². The van der Waals surface area contributed by atoms with E-state index in [4.69, 9.17) is 0 Å². The molecule has 0 fully saturated rings. The molecule has 0 aliphatic carbocycles. The number of para-hydroxylation sites is 2. The summed E-state index contributed by atoms with van der Waals surface area (Å²) in [6, 6.07) is 41.0. The van der Waals surface area contributed by atoms with Crippen LogP contribution >= 0.6 is 0 Å². The lowest BCUT2D eigenvalue weighted by Crippen LogP contribution is -2.52. The fourth-order valence-electron chi connectivity index (χ4n) is 4.73. The van der Waals surface area contributed by atoms with Crippen LogP contribution in [0.1, 0.15) is 37.4 Å². The maximum atomic E-state index is 13.1. The molecular weight excluding hydrogens is 578 g/mol. The molecule has 46 heavy (non-hydrogen) atoms. The molecule has 0 bridgehead atoms. The number of hydrogen-bond acceptors (Lipinski definition) is 7. The van der Waals surface area contributed by atoms with Gasteiger partial charge in [-0.3, -0.25) is 19.2 Å². The first-order valence-electron chi connectivity index (χ1n) is 14.7. The van der Waals surface area contributed by atoms with E-state index >= 15 is 0 Å². The first kappa shape index (κ1) is 31.7. The Labute approximate surface area is 267 Å². The van der Waals surface area contributed by atoms with Gasteiger partial charge in [-0.25, -0.2) is 10.9 Å². The maximum absolute atomic E-state index is 13.1. The molecule has 9 nitrogen and oxygen atoms in total. The van der Waals surface area contributed by atoms with Crippen molar-refractivity contribution in [3.63, 3.8) is 0 Å². The maximum Gasteiger partial charge on any atom is 0.239 e. The number of anilines is 2. The average Bonchev–Trinajstić information content (AvgIpc) is 3.10. The fourth-order valence-corrected chi connectivity index (χ4v) is 4.73. The minimum absolute atomic E-state index is 0.149. The predicted octanol–water partition coefficient (Wildman–Crippen LogP) is 5.24. The molecule has 0 radical (unpaired) electrons. The van der Waals surface area contributed by atoms with E-state index < -0.39 is 0 Å². The standard InChI is InChI=1S/C37H33N5O4/c43-34(40-32-22-12-10-20-30(32)36(45)28-16-6-2-7-17-28)24-38-42(26-27-14-4-1-5-15-27)39-25-35(44)41-33-23-13-11-21-31(33)37(46)29-18-8-3-9-19-29/h1-23,38-39H,24-26H2,(H,40,43)(H,41,44). The molecule has 0 aliphatic rings. The highest BCUT2D eigenvalue weighted by molar-refractivity contribution is 6.14. The highest BCUT2D eigenvalue weighted by Gasteiger charge is 2.17. The molecule has 5 aromatic carbocycles. The van der Waals surface area contributed by atoms with E-state index in [9.17, 15) is 19.2 Å². The Bertz CT molecular complexity index is 1680. The molecule has 5 aromatic rings. The summed E-state index contributed by atoms with van der Waals surface area (Å²) in [5.41, 5.74) is 9.58. The Balaban J connectivity index is 1.22. The smallest absolute Gasteiger partial charge is 0.239 e. The number of nitrogens with zero attached hydrogens (tertiary/aromatic N) is 1. The Kier molecular flexibility index (Phi) is 10.9. The van der Waals surface area contributed by atoms with Gasteiger partial charge in [0.05, 0.1) is 31.0 Å². The summed E-state index contributed by atoms with van der Waals surface area (Å²) < 4.78 is 0. The Morgan fingerprint density at radius 2 is 0.826 bits per heavy atom. The third-order valence-corrected chi connectivity index (χ3v) is 7.01. The summed E-state index contributed by atoms with van der Waals surface area (Å²) in [7, 11) is 0. The normalized spacial score (nSPS) is 10.7. The average molecular weight is 612 g/mol. The molecule has 9 heteroatoms. The number of hydrogen-bond donors (Lipinski definition) is 4. The number of nitrogens with one attached hydrogen (secondary N) is 4. The van der Waals surface area contributed by atoms with Gasteiger partial charge in [0, 0.05) is 22.3 Å². The molecule has 2 amide bonds. The summed E-state index contributed by atoms with van der Waals surface area (Å²) in [6.07, 6.45) is 0. The molecule has 0 spiro atoms. The minimum Gasteiger partial charge on any atom is -0.324 e. The predicted molar refractivity (Wildman–Crippen MR) is 178 cm³/mol. The first-order valence-corrected chi connectivity index (χ1v) is 14.7. The van der Waals surface area contributed by atoms with Crippen LogP contribution in [0.3, 0.4) is 0 Å². The van der Waals surface area contributed by atoms with Gasteiger partial charge in [0.25, 0.3) is 0 Å². The van der Waals surface area contributed by atoms with Crippen molar-refractivity contribution >= 4 is 34.8 Å².